The zero-order chi connectivity index (χ0) is 13.5. The number of hydrogen-bond acceptors (Lipinski definition) is 2. The Hall–Kier alpha value is -1.62. The van der Waals surface area contributed by atoms with Crippen LogP contribution in [0.3, 0.4) is 0 Å². The zero-order valence-electron chi connectivity index (χ0n) is 10.8. The van der Waals surface area contributed by atoms with Gasteiger partial charge in [0, 0.05) is 18.8 Å². The van der Waals surface area contributed by atoms with E-state index >= 15 is 0 Å². The van der Waals surface area contributed by atoms with Crippen molar-refractivity contribution in [3.05, 3.63) is 30.1 Å². The summed E-state index contributed by atoms with van der Waals surface area (Å²) < 4.78 is 12.7. The van der Waals surface area contributed by atoms with Crippen molar-refractivity contribution in [1.82, 2.24) is 4.90 Å². The number of nitrogens with two attached hydrogens (primary N) is 1. The van der Waals surface area contributed by atoms with Crippen LogP contribution in [0.25, 0.3) is 0 Å². The molecule has 5 heteroatoms. The second-order valence-corrected chi connectivity index (χ2v) is 4.32. The number of nitrogens with zero attached hydrogens (tertiary/aromatic N) is 1. The van der Waals surface area contributed by atoms with Gasteiger partial charge in [-0.3, -0.25) is 0 Å². The van der Waals surface area contributed by atoms with Crippen molar-refractivity contribution in [3.63, 3.8) is 0 Å². The van der Waals surface area contributed by atoms with Gasteiger partial charge in [-0.05, 0) is 43.7 Å². The number of benzene rings is 1. The lowest BCUT2D eigenvalue weighted by Crippen LogP contribution is -2.39. The number of nitrogens with one attached hydrogen (secondary N) is 1. The summed E-state index contributed by atoms with van der Waals surface area (Å²) in [5, 5.41) is 2.73. The molecule has 0 aliphatic heterocycles. The molecule has 0 heterocycles. The van der Waals surface area contributed by atoms with E-state index in [-0.39, 0.29) is 17.8 Å². The van der Waals surface area contributed by atoms with Gasteiger partial charge in [0.15, 0.2) is 0 Å². The van der Waals surface area contributed by atoms with Gasteiger partial charge in [-0.15, -0.1) is 0 Å². The van der Waals surface area contributed by atoms with Crippen LogP contribution < -0.4 is 11.1 Å². The Morgan fingerprint density at radius 3 is 2.56 bits per heavy atom. The Morgan fingerprint density at radius 2 is 2.06 bits per heavy atom. The van der Waals surface area contributed by atoms with E-state index in [1.807, 2.05) is 13.8 Å². The topological polar surface area (TPSA) is 58.4 Å². The molecule has 0 saturated heterocycles. The predicted molar refractivity (Wildman–Crippen MR) is 70.9 cm³/mol. The van der Waals surface area contributed by atoms with E-state index in [1.54, 1.807) is 4.90 Å². The number of amides is 2. The lowest BCUT2D eigenvalue weighted by atomic mass is 10.2. The van der Waals surface area contributed by atoms with Gasteiger partial charge in [0.25, 0.3) is 0 Å². The second-order valence-electron chi connectivity index (χ2n) is 4.32. The number of halogens is 1. The summed E-state index contributed by atoms with van der Waals surface area (Å²) in [7, 11) is 0. The van der Waals surface area contributed by atoms with Gasteiger partial charge < -0.3 is 16.0 Å². The molecule has 3 N–H and O–H groups in total. The van der Waals surface area contributed by atoms with Crippen LogP contribution in [0.2, 0.25) is 0 Å². The Labute approximate surface area is 107 Å². The molecule has 0 radical (unpaired) electrons. The van der Waals surface area contributed by atoms with Gasteiger partial charge in [0.05, 0.1) is 0 Å². The molecule has 1 aromatic carbocycles. The maximum atomic E-state index is 12.7. The Kier molecular flexibility index (Phi) is 5.58. The number of anilines is 1. The van der Waals surface area contributed by atoms with Crippen molar-refractivity contribution in [2.24, 2.45) is 11.7 Å². The normalized spacial score (nSPS) is 12.0. The lowest BCUT2D eigenvalue weighted by molar-refractivity contribution is 0.206. The number of carbonyl (C=O) groups is 1. The van der Waals surface area contributed by atoms with Gasteiger partial charge in [-0.2, -0.15) is 0 Å². The molecule has 1 atom stereocenters. The first-order chi connectivity index (χ1) is 8.56. The van der Waals surface area contributed by atoms with Gasteiger partial charge in [-0.1, -0.05) is 6.92 Å². The summed E-state index contributed by atoms with van der Waals surface area (Å²) in [6.45, 7) is 5.67. The molecule has 18 heavy (non-hydrogen) atoms. The van der Waals surface area contributed by atoms with E-state index in [0.29, 0.717) is 25.3 Å². The minimum absolute atomic E-state index is 0.190. The summed E-state index contributed by atoms with van der Waals surface area (Å²) in [5.74, 6) is -0.0685. The highest BCUT2D eigenvalue weighted by molar-refractivity contribution is 5.89. The molecular formula is C13H20FN3O. The molecule has 100 valence electrons. The van der Waals surface area contributed by atoms with Gasteiger partial charge >= 0.3 is 6.03 Å². The minimum Gasteiger partial charge on any atom is -0.330 e. The van der Waals surface area contributed by atoms with Crippen LogP contribution in [0.5, 0.6) is 0 Å². The van der Waals surface area contributed by atoms with Crippen LogP contribution in [-0.4, -0.2) is 30.6 Å². The third-order valence-corrected chi connectivity index (χ3v) is 2.70. The quantitative estimate of drug-likeness (QED) is 0.845. The summed E-state index contributed by atoms with van der Waals surface area (Å²) >= 11 is 0. The molecule has 1 unspecified atom stereocenters. The van der Waals surface area contributed by atoms with Crippen molar-refractivity contribution in [2.75, 3.05) is 25.0 Å². The van der Waals surface area contributed by atoms with E-state index < -0.39 is 0 Å². The van der Waals surface area contributed by atoms with Crippen LogP contribution >= 0.6 is 0 Å². The summed E-state index contributed by atoms with van der Waals surface area (Å²) in [5.41, 5.74) is 6.13. The smallest absolute Gasteiger partial charge is 0.321 e. The maximum Gasteiger partial charge on any atom is 0.321 e. The van der Waals surface area contributed by atoms with Gasteiger partial charge in [0.1, 0.15) is 5.82 Å². The van der Waals surface area contributed by atoms with Gasteiger partial charge in [0.2, 0.25) is 0 Å². The highest BCUT2D eigenvalue weighted by Crippen LogP contribution is 2.10. The molecule has 2 amide bonds. The third-order valence-electron chi connectivity index (χ3n) is 2.70. The Balaban J connectivity index is 2.59. The monoisotopic (exact) mass is 253 g/mol. The summed E-state index contributed by atoms with van der Waals surface area (Å²) in [4.78, 5) is 13.6. The highest BCUT2D eigenvalue weighted by atomic mass is 19.1. The second kappa shape index (κ2) is 6.96. The van der Waals surface area contributed by atoms with Crippen LogP contribution in [0.4, 0.5) is 14.9 Å². The fraction of sp³-hybridized carbons (Fsp3) is 0.462. The third kappa shape index (κ3) is 4.33. The maximum absolute atomic E-state index is 12.7. The predicted octanol–water partition coefficient (Wildman–Crippen LogP) is 2.27. The number of hydrogen-bond donors (Lipinski definition) is 2. The first-order valence-electron chi connectivity index (χ1n) is 6.08. The lowest BCUT2D eigenvalue weighted by Gasteiger charge is -2.24. The molecule has 0 aliphatic rings. The van der Waals surface area contributed by atoms with Crippen molar-refractivity contribution < 1.29 is 9.18 Å². The molecule has 0 aromatic heterocycles. The molecule has 0 aliphatic carbocycles. The molecule has 4 nitrogen and oxygen atoms in total. The number of urea groups is 1. The molecule has 1 rings (SSSR count). The average molecular weight is 253 g/mol. The van der Waals surface area contributed by atoms with Crippen molar-refractivity contribution in [2.45, 2.75) is 13.8 Å². The first-order valence-corrected chi connectivity index (χ1v) is 6.08. The van der Waals surface area contributed by atoms with Crippen molar-refractivity contribution >= 4 is 11.7 Å². The Morgan fingerprint density at radius 1 is 1.44 bits per heavy atom. The number of carbonyl (C=O) groups excluding carboxylic acids is 1. The summed E-state index contributed by atoms with van der Waals surface area (Å²) in [6.07, 6.45) is 0. The van der Waals surface area contributed by atoms with Gasteiger partial charge in [-0.25, -0.2) is 9.18 Å². The molecular weight excluding hydrogens is 233 g/mol. The average Bonchev–Trinajstić information content (AvgIpc) is 2.38. The fourth-order valence-electron chi connectivity index (χ4n) is 1.54. The standard InChI is InChI=1S/C13H20FN3O/c1-3-17(9-10(2)8-15)13(18)16-12-6-4-11(14)5-7-12/h4-7,10H,3,8-9,15H2,1-2H3,(H,16,18). The van der Waals surface area contributed by atoms with E-state index in [9.17, 15) is 9.18 Å². The van der Waals surface area contributed by atoms with E-state index in [0.717, 1.165) is 0 Å². The number of rotatable bonds is 5. The molecule has 0 spiro atoms. The fourth-order valence-corrected chi connectivity index (χ4v) is 1.54. The van der Waals surface area contributed by atoms with Crippen LogP contribution in [0, 0.1) is 11.7 Å². The van der Waals surface area contributed by atoms with E-state index in [1.165, 1.54) is 24.3 Å². The molecule has 1 aromatic rings. The molecule has 0 fully saturated rings. The molecule has 0 bridgehead atoms. The van der Waals surface area contributed by atoms with Crippen molar-refractivity contribution in [3.8, 4) is 0 Å². The zero-order valence-corrected chi connectivity index (χ0v) is 10.8. The van der Waals surface area contributed by atoms with Crippen LogP contribution in [0.15, 0.2) is 24.3 Å². The Bertz CT molecular complexity index is 380. The van der Waals surface area contributed by atoms with Crippen LogP contribution in [-0.2, 0) is 0 Å². The SMILES string of the molecule is CCN(CC(C)CN)C(=O)Nc1ccc(F)cc1. The van der Waals surface area contributed by atoms with E-state index in [4.69, 9.17) is 5.73 Å². The first kappa shape index (κ1) is 14.4. The summed E-state index contributed by atoms with van der Waals surface area (Å²) in [6, 6.07) is 5.51. The highest BCUT2D eigenvalue weighted by Gasteiger charge is 2.14. The van der Waals surface area contributed by atoms with E-state index in [2.05, 4.69) is 5.32 Å². The molecule has 0 saturated carbocycles. The van der Waals surface area contributed by atoms with Crippen LogP contribution in [0.1, 0.15) is 13.8 Å². The van der Waals surface area contributed by atoms with Crippen molar-refractivity contribution in [1.29, 1.82) is 0 Å². The minimum atomic E-state index is -0.322. The largest absolute Gasteiger partial charge is 0.330 e.